The Bertz CT molecular complexity index is 791. The van der Waals surface area contributed by atoms with E-state index in [0.29, 0.717) is 48.9 Å². The van der Waals surface area contributed by atoms with E-state index < -0.39 is 0 Å². The monoisotopic (exact) mass is 343 g/mol. The van der Waals surface area contributed by atoms with Crippen LogP contribution in [0.5, 0.6) is 5.75 Å². The molecule has 132 valence electrons. The van der Waals surface area contributed by atoms with Gasteiger partial charge < -0.3 is 19.0 Å². The quantitative estimate of drug-likeness (QED) is 0.851. The van der Waals surface area contributed by atoms with Crippen LogP contribution in [0, 0.1) is 13.8 Å². The lowest BCUT2D eigenvalue weighted by Crippen LogP contribution is -2.50. The summed E-state index contributed by atoms with van der Waals surface area (Å²) in [5.74, 6) is 0.995. The van der Waals surface area contributed by atoms with Crippen molar-refractivity contribution in [2.45, 2.75) is 13.8 Å². The summed E-state index contributed by atoms with van der Waals surface area (Å²) < 4.78 is 10.4. The third-order valence-electron chi connectivity index (χ3n) is 4.46. The summed E-state index contributed by atoms with van der Waals surface area (Å²) in [5.41, 5.74) is 1.91. The highest BCUT2D eigenvalue weighted by Gasteiger charge is 2.27. The number of rotatable bonds is 3. The fraction of sp³-hybridized carbons (Fsp3) is 0.389. The minimum atomic E-state index is -0.157. The maximum atomic E-state index is 12.7. The number of carbonyl (C=O) groups excluding carboxylic acids is 2. The van der Waals surface area contributed by atoms with Crippen molar-refractivity contribution in [2.75, 3.05) is 33.3 Å². The number of hydrogen-bond acceptors (Lipinski definition) is 5. The van der Waals surface area contributed by atoms with Crippen LogP contribution < -0.4 is 4.74 Å². The number of ether oxygens (including phenoxy) is 1. The normalized spacial score (nSPS) is 14.5. The first-order valence-electron chi connectivity index (χ1n) is 8.14. The molecule has 0 spiro atoms. The smallest absolute Gasteiger partial charge is 0.276 e. The van der Waals surface area contributed by atoms with Crippen LogP contribution in [0.2, 0.25) is 0 Å². The van der Waals surface area contributed by atoms with Crippen molar-refractivity contribution >= 4 is 11.8 Å². The Kier molecular flexibility index (Phi) is 4.74. The van der Waals surface area contributed by atoms with E-state index >= 15 is 0 Å². The van der Waals surface area contributed by atoms with Gasteiger partial charge in [-0.1, -0.05) is 6.07 Å². The van der Waals surface area contributed by atoms with Crippen LogP contribution in [0.25, 0.3) is 0 Å². The second-order valence-corrected chi connectivity index (χ2v) is 6.03. The van der Waals surface area contributed by atoms with Crippen LogP contribution in [-0.2, 0) is 0 Å². The van der Waals surface area contributed by atoms with E-state index in [4.69, 9.17) is 9.15 Å². The van der Waals surface area contributed by atoms with Crippen molar-refractivity contribution < 1.29 is 18.7 Å². The molecular formula is C18H21N3O4. The highest BCUT2D eigenvalue weighted by Crippen LogP contribution is 2.21. The molecule has 0 unspecified atom stereocenters. The van der Waals surface area contributed by atoms with Crippen molar-refractivity contribution in [3.05, 3.63) is 47.2 Å². The number of oxazole rings is 1. The van der Waals surface area contributed by atoms with E-state index in [1.165, 1.54) is 6.39 Å². The summed E-state index contributed by atoms with van der Waals surface area (Å²) in [7, 11) is 1.59. The maximum Gasteiger partial charge on any atom is 0.276 e. The Morgan fingerprint density at radius 3 is 2.28 bits per heavy atom. The highest BCUT2D eigenvalue weighted by atomic mass is 16.5. The number of nitrogens with zero attached hydrogens (tertiary/aromatic N) is 3. The first-order chi connectivity index (χ1) is 12.0. The molecule has 7 nitrogen and oxygen atoms in total. The van der Waals surface area contributed by atoms with Gasteiger partial charge >= 0.3 is 0 Å². The van der Waals surface area contributed by atoms with Gasteiger partial charge in [-0.25, -0.2) is 4.98 Å². The second-order valence-electron chi connectivity index (χ2n) is 6.03. The molecule has 0 atom stereocenters. The molecule has 2 amide bonds. The van der Waals surface area contributed by atoms with Gasteiger partial charge in [0.1, 0.15) is 11.5 Å². The summed E-state index contributed by atoms with van der Waals surface area (Å²) in [5, 5.41) is 0. The average Bonchev–Trinajstić information content (AvgIpc) is 3.07. The molecule has 0 aliphatic carbocycles. The lowest BCUT2D eigenvalue weighted by Gasteiger charge is -2.34. The van der Waals surface area contributed by atoms with Crippen LogP contribution in [0.3, 0.4) is 0 Å². The van der Waals surface area contributed by atoms with E-state index in [2.05, 4.69) is 4.98 Å². The van der Waals surface area contributed by atoms with Gasteiger partial charge in [0, 0.05) is 31.7 Å². The van der Waals surface area contributed by atoms with E-state index in [-0.39, 0.29) is 11.8 Å². The van der Waals surface area contributed by atoms with Crippen molar-refractivity contribution in [3.8, 4) is 5.75 Å². The number of piperazine rings is 1. The lowest BCUT2D eigenvalue weighted by atomic mass is 10.1. The number of amides is 2. The fourth-order valence-corrected chi connectivity index (χ4v) is 2.91. The molecule has 1 aliphatic heterocycles. The summed E-state index contributed by atoms with van der Waals surface area (Å²) in [4.78, 5) is 32.5. The molecule has 7 heteroatoms. The SMILES string of the molecule is COc1cc(C(=O)N2CCN(C(=O)c3ncoc3C)CC2)ccc1C. The Labute approximate surface area is 146 Å². The predicted molar refractivity (Wildman–Crippen MR) is 90.8 cm³/mol. The molecule has 0 radical (unpaired) electrons. The van der Waals surface area contributed by atoms with Crippen molar-refractivity contribution in [1.82, 2.24) is 14.8 Å². The molecule has 1 fully saturated rings. The Morgan fingerprint density at radius 1 is 1.08 bits per heavy atom. The summed E-state index contributed by atoms with van der Waals surface area (Å²) in [6, 6.07) is 5.43. The van der Waals surface area contributed by atoms with Crippen LogP contribution in [0.15, 0.2) is 29.0 Å². The predicted octanol–water partition coefficient (Wildman–Crippen LogP) is 1.90. The zero-order valence-corrected chi connectivity index (χ0v) is 14.6. The molecule has 2 heterocycles. The topological polar surface area (TPSA) is 75.9 Å². The average molecular weight is 343 g/mol. The molecule has 1 aromatic heterocycles. The molecule has 25 heavy (non-hydrogen) atoms. The van der Waals surface area contributed by atoms with E-state index in [1.54, 1.807) is 36.0 Å². The molecule has 1 aromatic carbocycles. The second kappa shape index (κ2) is 6.96. The van der Waals surface area contributed by atoms with Gasteiger partial charge in [0.25, 0.3) is 11.8 Å². The van der Waals surface area contributed by atoms with Crippen LogP contribution in [-0.4, -0.2) is 59.9 Å². The third-order valence-corrected chi connectivity index (χ3v) is 4.46. The van der Waals surface area contributed by atoms with Crippen LogP contribution in [0.1, 0.15) is 32.2 Å². The molecule has 1 aliphatic rings. The van der Waals surface area contributed by atoms with Crippen LogP contribution in [0.4, 0.5) is 0 Å². The highest BCUT2D eigenvalue weighted by molar-refractivity contribution is 5.96. The molecule has 3 rings (SSSR count). The number of benzene rings is 1. The zero-order chi connectivity index (χ0) is 18.0. The fourth-order valence-electron chi connectivity index (χ4n) is 2.91. The van der Waals surface area contributed by atoms with Crippen LogP contribution >= 0.6 is 0 Å². The van der Waals surface area contributed by atoms with E-state index in [9.17, 15) is 9.59 Å². The van der Waals surface area contributed by atoms with Gasteiger partial charge in [0.15, 0.2) is 12.1 Å². The lowest BCUT2D eigenvalue weighted by molar-refractivity contribution is 0.0531. The number of hydrogen-bond donors (Lipinski definition) is 0. The van der Waals surface area contributed by atoms with E-state index in [1.807, 2.05) is 13.0 Å². The van der Waals surface area contributed by atoms with Crippen molar-refractivity contribution in [3.63, 3.8) is 0 Å². The van der Waals surface area contributed by atoms with Gasteiger partial charge in [-0.3, -0.25) is 9.59 Å². The van der Waals surface area contributed by atoms with Gasteiger partial charge in [-0.05, 0) is 31.5 Å². The number of carbonyl (C=O) groups is 2. The van der Waals surface area contributed by atoms with Gasteiger partial charge in [0.05, 0.1) is 7.11 Å². The van der Waals surface area contributed by atoms with Gasteiger partial charge in [-0.15, -0.1) is 0 Å². The zero-order valence-electron chi connectivity index (χ0n) is 14.6. The minimum Gasteiger partial charge on any atom is -0.496 e. The van der Waals surface area contributed by atoms with Gasteiger partial charge in [0.2, 0.25) is 0 Å². The number of aromatic nitrogens is 1. The van der Waals surface area contributed by atoms with Crippen molar-refractivity contribution in [1.29, 1.82) is 0 Å². The Balaban J connectivity index is 1.65. The minimum absolute atomic E-state index is 0.0528. The molecular weight excluding hydrogens is 322 g/mol. The summed E-state index contributed by atoms with van der Waals surface area (Å²) in [6.45, 7) is 5.56. The number of methoxy groups -OCH3 is 1. The Hall–Kier alpha value is -2.83. The first kappa shape index (κ1) is 17.0. The molecule has 0 bridgehead atoms. The Morgan fingerprint density at radius 2 is 1.72 bits per heavy atom. The summed E-state index contributed by atoms with van der Waals surface area (Å²) in [6.07, 6.45) is 1.27. The number of aryl methyl sites for hydroxylation is 2. The molecule has 0 saturated carbocycles. The molecule has 2 aromatic rings. The standard InChI is InChI=1S/C18H21N3O4/c1-12-4-5-14(10-15(12)24-3)17(22)20-6-8-21(9-7-20)18(23)16-13(2)25-11-19-16/h4-5,10-11H,6-9H2,1-3H3. The molecule has 1 saturated heterocycles. The van der Waals surface area contributed by atoms with Gasteiger partial charge in [-0.2, -0.15) is 0 Å². The van der Waals surface area contributed by atoms with E-state index in [0.717, 1.165) is 5.56 Å². The first-order valence-corrected chi connectivity index (χ1v) is 8.14. The molecule has 0 N–H and O–H groups in total. The third kappa shape index (κ3) is 3.35. The largest absolute Gasteiger partial charge is 0.496 e. The van der Waals surface area contributed by atoms with Crippen molar-refractivity contribution in [2.24, 2.45) is 0 Å². The maximum absolute atomic E-state index is 12.7. The summed E-state index contributed by atoms with van der Waals surface area (Å²) >= 11 is 0.